The van der Waals surface area contributed by atoms with Gasteiger partial charge in [-0.15, -0.1) is 0 Å². The Morgan fingerprint density at radius 1 is 0.865 bits per heavy atom. The van der Waals surface area contributed by atoms with Crippen LogP contribution in [0.4, 0.5) is 13.2 Å². The van der Waals surface area contributed by atoms with Crippen LogP contribution < -0.4 is 24.4 Å². The van der Waals surface area contributed by atoms with E-state index in [1.165, 1.54) is 50.6 Å². The van der Waals surface area contributed by atoms with E-state index in [9.17, 15) is 22.8 Å². The number of hydrogen-bond acceptors (Lipinski definition) is 7. The first-order chi connectivity index (χ1) is 17.5. The quantitative estimate of drug-likeness (QED) is 0.216. The van der Waals surface area contributed by atoms with Crippen LogP contribution in [-0.4, -0.2) is 20.2 Å². The van der Waals surface area contributed by atoms with E-state index in [4.69, 9.17) is 23.4 Å². The minimum Gasteiger partial charge on any atom is -0.496 e. The Morgan fingerprint density at radius 2 is 1.49 bits per heavy atom. The van der Waals surface area contributed by atoms with Crippen molar-refractivity contribution in [3.05, 3.63) is 87.3 Å². The lowest BCUT2D eigenvalue weighted by Crippen LogP contribution is -2.16. The molecule has 0 saturated heterocycles. The van der Waals surface area contributed by atoms with Crippen LogP contribution in [0.15, 0.2) is 63.8 Å². The number of rotatable bonds is 6. The van der Waals surface area contributed by atoms with E-state index in [1.807, 2.05) is 6.07 Å². The lowest BCUT2D eigenvalue weighted by atomic mass is 10.1. The molecule has 3 aromatic carbocycles. The van der Waals surface area contributed by atoms with E-state index in [0.29, 0.717) is 0 Å². The predicted octanol–water partition coefficient (Wildman–Crippen LogP) is 6.46. The van der Waals surface area contributed by atoms with Crippen molar-refractivity contribution < 1.29 is 41.3 Å². The van der Waals surface area contributed by atoms with E-state index in [2.05, 4.69) is 0 Å². The molecule has 0 saturated carbocycles. The maximum Gasteiger partial charge on any atom is 0.453 e. The number of fused-ring (bicyclic) bond motifs is 1. The summed E-state index contributed by atoms with van der Waals surface area (Å²) in [4.78, 5) is 25.9. The number of ether oxygens (including phenoxy) is 4. The molecular formula is C27H21F3O7. The molecule has 0 spiro atoms. The van der Waals surface area contributed by atoms with Gasteiger partial charge in [0.1, 0.15) is 34.1 Å². The van der Waals surface area contributed by atoms with Gasteiger partial charge >= 0.3 is 12.1 Å². The molecular weight excluding hydrogens is 493 g/mol. The van der Waals surface area contributed by atoms with Gasteiger partial charge in [-0.1, -0.05) is 12.1 Å². The molecule has 0 radical (unpaired) electrons. The lowest BCUT2D eigenvalue weighted by molar-refractivity contribution is -0.154. The molecule has 4 aromatic rings. The average molecular weight is 514 g/mol. The van der Waals surface area contributed by atoms with Crippen molar-refractivity contribution in [1.82, 2.24) is 0 Å². The third kappa shape index (κ3) is 5.23. The van der Waals surface area contributed by atoms with Gasteiger partial charge in [-0.2, -0.15) is 13.2 Å². The summed E-state index contributed by atoms with van der Waals surface area (Å²) in [5.41, 5.74) is -0.0136. The highest BCUT2D eigenvalue weighted by Gasteiger charge is 2.40. The van der Waals surface area contributed by atoms with Crippen molar-refractivity contribution >= 4 is 16.9 Å². The number of methoxy groups -OCH3 is 2. The number of halogens is 3. The number of esters is 1. The third-order valence-electron chi connectivity index (χ3n) is 5.34. The molecule has 0 fully saturated rings. The normalized spacial score (nSPS) is 11.3. The van der Waals surface area contributed by atoms with Crippen LogP contribution in [0.5, 0.6) is 28.7 Å². The Labute approximate surface area is 208 Å². The maximum absolute atomic E-state index is 13.9. The number of aryl methyl sites for hydroxylation is 2. The second-order valence-corrected chi connectivity index (χ2v) is 8.10. The van der Waals surface area contributed by atoms with Crippen molar-refractivity contribution in [1.29, 1.82) is 0 Å². The first-order valence-electron chi connectivity index (χ1n) is 10.9. The number of carbonyl (C=O) groups excluding carboxylic acids is 1. The monoisotopic (exact) mass is 514 g/mol. The van der Waals surface area contributed by atoms with E-state index < -0.39 is 34.7 Å². The molecule has 10 heteroatoms. The van der Waals surface area contributed by atoms with E-state index in [1.54, 1.807) is 19.9 Å². The van der Waals surface area contributed by atoms with Crippen molar-refractivity contribution in [2.75, 3.05) is 14.2 Å². The molecule has 0 bridgehead atoms. The van der Waals surface area contributed by atoms with Crippen LogP contribution in [0, 0.1) is 13.8 Å². The molecule has 0 amide bonds. The molecule has 7 nitrogen and oxygen atoms in total. The second kappa shape index (κ2) is 9.88. The number of benzene rings is 3. The number of carbonyl (C=O) groups is 1. The number of hydrogen-bond donors (Lipinski definition) is 0. The van der Waals surface area contributed by atoms with E-state index in [0.717, 1.165) is 17.2 Å². The summed E-state index contributed by atoms with van der Waals surface area (Å²) < 4.78 is 67.9. The minimum atomic E-state index is -5.04. The van der Waals surface area contributed by atoms with Gasteiger partial charge in [0, 0.05) is 6.07 Å². The second-order valence-electron chi connectivity index (χ2n) is 8.10. The predicted molar refractivity (Wildman–Crippen MR) is 128 cm³/mol. The summed E-state index contributed by atoms with van der Waals surface area (Å²) in [6.45, 7) is 3.49. The van der Waals surface area contributed by atoms with Gasteiger partial charge in [0.05, 0.1) is 19.6 Å². The SMILES string of the molecule is COc1cccc(OC)c1C(=O)Oc1ccc2c(=O)c(Oc3cc(C)cc(C)c3)c(C(F)(F)F)oc2c1. The third-order valence-corrected chi connectivity index (χ3v) is 5.34. The fourth-order valence-corrected chi connectivity index (χ4v) is 3.82. The van der Waals surface area contributed by atoms with Gasteiger partial charge in [0.2, 0.25) is 11.2 Å². The van der Waals surface area contributed by atoms with Crippen molar-refractivity contribution in [2.45, 2.75) is 20.0 Å². The van der Waals surface area contributed by atoms with Crippen LogP contribution in [-0.2, 0) is 6.18 Å². The van der Waals surface area contributed by atoms with Gasteiger partial charge in [-0.25, -0.2) is 4.79 Å². The van der Waals surface area contributed by atoms with Crippen molar-refractivity contribution in [2.24, 2.45) is 0 Å². The van der Waals surface area contributed by atoms with Crippen LogP contribution in [0.3, 0.4) is 0 Å². The molecule has 0 unspecified atom stereocenters. The summed E-state index contributed by atoms with van der Waals surface area (Å²) in [5, 5.41) is -0.193. The molecule has 0 N–H and O–H groups in total. The Hall–Kier alpha value is -4.47. The molecule has 37 heavy (non-hydrogen) atoms. The van der Waals surface area contributed by atoms with Crippen LogP contribution >= 0.6 is 0 Å². The molecule has 0 atom stereocenters. The smallest absolute Gasteiger partial charge is 0.453 e. The van der Waals surface area contributed by atoms with Crippen LogP contribution in [0.25, 0.3) is 11.0 Å². The Bertz CT molecular complexity index is 1510. The summed E-state index contributed by atoms with van der Waals surface area (Å²) in [5.74, 6) is -3.25. The zero-order valence-electron chi connectivity index (χ0n) is 20.2. The van der Waals surface area contributed by atoms with E-state index >= 15 is 0 Å². The highest BCUT2D eigenvalue weighted by atomic mass is 19.4. The van der Waals surface area contributed by atoms with Crippen LogP contribution in [0.1, 0.15) is 27.2 Å². The molecule has 1 heterocycles. The Kier molecular flexibility index (Phi) is 6.84. The number of alkyl halides is 3. The lowest BCUT2D eigenvalue weighted by Gasteiger charge is -2.15. The van der Waals surface area contributed by atoms with Gasteiger partial charge in [0.15, 0.2) is 0 Å². The highest BCUT2D eigenvalue weighted by molar-refractivity contribution is 5.97. The summed E-state index contributed by atoms with van der Waals surface area (Å²) in [6.07, 6.45) is -5.04. The zero-order chi connectivity index (χ0) is 26.9. The maximum atomic E-state index is 13.9. The molecule has 0 aliphatic heterocycles. The van der Waals surface area contributed by atoms with Crippen molar-refractivity contribution in [3.63, 3.8) is 0 Å². The van der Waals surface area contributed by atoms with Crippen molar-refractivity contribution in [3.8, 4) is 28.7 Å². The summed E-state index contributed by atoms with van der Waals surface area (Å²) >= 11 is 0. The molecule has 0 aliphatic rings. The van der Waals surface area contributed by atoms with E-state index in [-0.39, 0.29) is 33.9 Å². The van der Waals surface area contributed by atoms with Crippen LogP contribution in [0.2, 0.25) is 0 Å². The zero-order valence-corrected chi connectivity index (χ0v) is 20.2. The molecule has 0 aliphatic carbocycles. The minimum absolute atomic E-state index is 0.0257. The molecule has 4 rings (SSSR count). The molecule has 1 aromatic heterocycles. The first kappa shape index (κ1) is 25.6. The average Bonchev–Trinajstić information content (AvgIpc) is 2.83. The van der Waals surface area contributed by atoms with Gasteiger partial charge in [-0.3, -0.25) is 4.79 Å². The fourth-order valence-electron chi connectivity index (χ4n) is 3.82. The Morgan fingerprint density at radius 3 is 2.05 bits per heavy atom. The van der Waals surface area contributed by atoms with Gasteiger partial charge in [-0.05, 0) is 61.4 Å². The summed E-state index contributed by atoms with van der Waals surface area (Å²) in [7, 11) is 2.71. The topological polar surface area (TPSA) is 84.2 Å². The van der Waals surface area contributed by atoms with Gasteiger partial charge < -0.3 is 23.4 Å². The fraction of sp³-hybridized carbons (Fsp3) is 0.185. The first-order valence-corrected chi connectivity index (χ1v) is 10.9. The summed E-state index contributed by atoms with van der Waals surface area (Å²) in [6, 6.07) is 12.9. The van der Waals surface area contributed by atoms with Gasteiger partial charge in [0.25, 0.3) is 5.76 Å². The molecule has 192 valence electrons. The highest BCUT2D eigenvalue weighted by Crippen LogP contribution is 2.39. The Balaban J connectivity index is 1.78. The largest absolute Gasteiger partial charge is 0.496 e. The standard InChI is InChI=1S/C27H21F3O7/c1-14-10-15(2)12-17(11-14)35-24-23(31)18-9-8-16(13-21(18)37-25(24)27(28,29)30)36-26(32)22-19(33-3)6-5-7-20(22)34-4/h5-13H,1-4H3.